The van der Waals surface area contributed by atoms with E-state index in [0.717, 1.165) is 17.2 Å². The highest BCUT2D eigenvalue weighted by Crippen LogP contribution is 2.14. The predicted octanol–water partition coefficient (Wildman–Crippen LogP) is 1.72. The van der Waals surface area contributed by atoms with Crippen molar-refractivity contribution in [2.45, 2.75) is 0 Å². The third-order valence-corrected chi connectivity index (χ3v) is 2.83. The van der Waals surface area contributed by atoms with E-state index in [-0.39, 0.29) is 17.7 Å². The molecule has 2 rings (SSSR count). The zero-order chi connectivity index (χ0) is 13.0. The average Bonchev–Trinajstić information content (AvgIpc) is 2.82. The molecule has 1 aromatic heterocycles. The second-order valence-electron chi connectivity index (χ2n) is 3.41. The molecule has 0 saturated carbocycles. The van der Waals surface area contributed by atoms with E-state index in [0.29, 0.717) is 0 Å². The van der Waals surface area contributed by atoms with Crippen LogP contribution in [0.15, 0.2) is 30.3 Å². The molecule has 2 aromatic rings. The predicted molar refractivity (Wildman–Crippen MR) is 65.2 cm³/mol. The topological polar surface area (TPSA) is 55.3 Å². The maximum atomic E-state index is 12.5. The van der Waals surface area contributed by atoms with Crippen molar-refractivity contribution in [3.8, 4) is 5.19 Å². The van der Waals surface area contributed by atoms with Gasteiger partial charge in [-0.1, -0.05) is 18.2 Å². The highest BCUT2D eigenvalue weighted by Gasteiger charge is 2.12. The van der Waals surface area contributed by atoms with E-state index in [1.807, 2.05) is 30.3 Å². The van der Waals surface area contributed by atoms with E-state index in [1.165, 1.54) is 4.90 Å². The van der Waals surface area contributed by atoms with E-state index in [2.05, 4.69) is 9.36 Å². The lowest BCUT2D eigenvalue weighted by molar-refractivity contribution is -0.120. The summed E-state index contributed by atoms with van der Waals surface area (Å²) in [6.07, 6.45) is -0.848. The monoisotopic (exact) mass is 267 g/mol. The van der Waals surface area contributed by atoms with Gasteiger partial charge in [0.1, 0.15) is 0 Å². The fourth-order valence-corrected chi connectivity index (χ4v) is 1.69. The summed E-state index contributed by atoms with van der Waals surface area (Å²) in [6.45, 7) is -0.208. The van der Waals surface area contributed by atoms with Gasteiger partial charge in [0.15, 0.2) is 6.61 Å². The molecule has 0 aliphatic rings. The summed E-state index contributed by atoms with van der Waals surface area (Å²) in [7, 11) is 1.64. The van der Waals surface area contributed by atoms with Gasteiger partial charge in [-0.25, -0.2) is 0 Å². The summed E-state index contributed by atoms with van der Waals surface area (Å²) >= 11 is 0.770. The van der Waals surface area contributed by atoms with Gasteiger partial charge in [0.05, 0.1) is 0 Å². The standard InChI is InChI=1S/C11H10FN3O2S/c1-15(8-5-3-2-4-6-8)9(16)7-17-11-13-10(12)14-18-11/h2-6H,7H2,1H3. The number of carbonyl (C=O) groups is 1. The molecule has 0 bridgehead atoms. The van der Waals surface area contributed by atoms with Gasteiger partial charge in [0.2, 0.25) is 0 Å². The van der Waals surface area contributed by atoms with Crippen LogP contribution in [0.5, 0.6) is 5.19 Å². The van der Waals surface area contributed by atoms with Crippen molar-refractivity contribution in [1.29, 1.82) is 0 Å². The number of anilines is 1. The maximum Gasteiger partial charge on any atom is 0.323 e. The number of para-hydroxylation sites is 1. The van der Waals surface area contributed by atoms with Gasteiger partial charge in [-0.05, 0) is 12.1 Å². The first-order valence-electron chi connectivity index (χ1n) is 5.10. The SMILES string of the molecule is CN(C(=O)COc1nc(F)ns1)c1ccccc1. The molecule has 0 spiro atoms. The van der Waals surface area contributed by atoms with Crippen molar-refractivity contribution >= 4 is 23.1 Å². The van der Waals surface area contributed by atoms with Crippen LogP contribution in [0.25, 0.3) is 0 Å². The molecule has 0 unspecified atom stereocenters. The Labute approximate surface area is 107 Å². The molecule has 0 aliphatic carbocycles. The van der Waals surface area contributed by atoms with Crippen molar-refractivity contribution in [2.24, 2.45) is 0 Å². The van der Waals surface area contributed by atoms with Gasteiger partial charge in [-0.15, -0.1) is 4.37 Å². The number of aromatic nitrogens is 2. The van der Waals surface area contributed by atoms with E-state index >= 15 is 0 Å². The van der Waals surface area contributed by atoms with Gasteiger partial charge < -0.3 is 9.64 Å². The van der Waals surface area contributed by atoms with Crippen molar-refractivity contribution < 1.29 is 13.9 Å². The number of amides is 1. The Balaban J connectivity index is 1.92. The van der Waals surface area contributed by atoms with Gasteiger partial charge in [0, 0.05) is 24.3 Å². The van der Waals surface area contributed by atoms with Crippen LogP contribution in [-0.2, 0) is 4.79 Å². The van der Waals surface area contributed by atoms with E-state index in [1.54, 1.807) is 7.05 Å². The molecule has 1 amide bonds. The van der Waals surface area contributed by atoms with Crippen LogP contribution in [0.4, 0.5) is 10.1 Å². The number of nitrogens with zero attached hydrogens (tertiary/aromatic N) is 3. The number of halogens is 1. The van der Waals surface area contributed by atoms with Gasteiger partial charge in [-0.3, -0.25) is 4.79 Å². The van der Waals surface area contributed by atoms with Crippen LogP contribution in [0.2, 0.25) is 0 Å². The summed E-state index contributed by atoms with van der Waals surface area (Å²) in [6, 6.07) is 9.15. The first-order valence-corrected chi connectivity index (χ1v) is 5.88. The van der Waals surface area contributed by atoms with Gasteiger partial charge in [-0.2, -0.15) is 9.37 Å². The minimum atomic E-state index is -0.848. The molecule has 0 saturated heterocycles. The molecular formula is C11H10FN3O2S. The smallest absolute Gasteiger partial charge is 0.323 e. The lowest BCUT2D eigenvalue weighted by Gasteiger charge is -2.16. The third-order valence-electron chi connectivity index (χ3n) is 2.22. The summed E-state index contributed by atoms with van der Waals surface area (Å²) in [4.78, 5) is 16.6. The molecule has 1 aromatic carbocycles. The fourth-order valence-electron chi connectivity index (χ4n) is 1.27. The first kappa shape index (κ1) is 12.4. The largest absolute Gasteiger partial charge is 0.459 e. The molecule has 0 radical (unpaired) electrons. The number of hydrogen-bond donors (Lipinski definition) is 0. The van der Waals surface area contributed by atoms with Crippen molar-refractivity contribution in [1.82, 2.24) is 9.36 Å². The summed E-state index contributed by atoms with van der Waals surface area (Å²) < 4.78 is 20.8. The molecule has 1 heterocycles. The second-order valence-corrected chi connectivity index (χ2v) is 4.12. The zero-order valence-electron chi connectivity index (χ0n) is 9.54. The second kappa shape index (κ2) is 5.54. The van der Waals surface area contributed by atoms with Crippen LogP contribution in [-0.4, -0.2) is 28.9 Å². The molecule has 94 valence electrons. The molecule has 0 N–H and O–H groups in total. The normalized spacial score (nSPS) is 10.1. The van der Waals surface area contributed by atoms with Crippen molar-refractivity contribution in [2.75, 3.05) is 18.6 Å². The molecule has 7 heteroatoms. The van der Waals surface area contributed by atoms with Crippen LogP contribution in [0.1, 0.15) is 0 Å². The number of likely N-dealkylation sites (N-methyl/N-ethyl adjacent to an activating group) is 1. The highest BCUT2D eigenvalue weighted by molar-refractivity contribution is 7.07. The Morgan fingerprint density at radius 2 is 2.17 bits per heavy atom. The summed E-state index contributed by atoms with van der Waals surface area (Å²) in [5, 5.41) is 0.0438. The number of hydrogen-bond acceptors (Lipinski definition) is 5. The zero-order valence-corrected chi connectivity index (χ0v) is 10.4. The summed E-state index contributed by atoms with van der Waals surface area (Å²) in [5.74, 6) is -0.253. The highest BCUT2D eigenvalue weighted by atomic mass is 32.1. The van der Waals surface area contributed by atoms with Gasteiger partial charge in [0.25, 0.3) is 11.1 Å². The van der Waals surface area contributed by atoms with Crippen molar-refractivity contribution in [3.63, 3.8) is 0 Å². The Hall–Kier alpha value is -2.02. The molecular weight excluding hydrogens is 257 g/mol. The number of ether oxygens (including phenoxy) is 1. The Morgan fingerprint density at radius 3 is 2.78 bits per heavy atom. The lowest BCUT2D eigenvalue weighted by Crippen LogP contribution is -2.31. The fraction of sp³-hybridized carbons (Fsp3) is 0.182. The Kier molecular flexibility index (Phi) is 3.83. The summed E-state index contributed by atoms with van der Waals surface area (Å²) in [5.41, 5.74) is 0.759. The maximum absolute atomic E-state index is 12.5. The minimum absolute atomic E-state index is 0.0438. The number of benzene rings is 1. The quantitative estimate of drug-likeness (QED) is 0.846. The molecule has 18 heavy (non-hydrogen) atoms. The third kappa shape index (κ3) is 3.01. The number of rotatable bonds is 4. The average molecular weight is 267 g/mol. The molecule has 5 nitrogen and oxygen atoms in total. The number of carbonyl (C=O) groups excluding carboxylic acids is 1. The molecule has 0 atom stereocenters. The van der Waals surface area contributed by atoms with E-state index in [9.17, 15) is 9.18 Å². The van der Waals surface area contributed by atoms with E-state index < -0.39 is 6.08 Å². The van der Waals surface area contributed by atoms with E-state index in [4.69, 9.17) is 4.74 Å². The molecule has 0 fully saturated rings. The Bertz CT molecular complexity index is 532. The van der Waals surface area contributed by atoms with Crippen LogP contribution >= 0.6 is 11.5 Å². The lowest BCUT2D eigenvalue weighted by atomic mass is 10.3. The first-order chi connectivity index (χ1) is 8.66. The minimum Gasteiger partial charge on any atom is -0.459 e. The van der Waals surface area contributed by atoms with Crippen LogP contribution in [0.3, 0.4) is 0 Å². The van der Waals surface area contributed by atoms with Crippen LogP contribution < -0.4 is 9.64 Å². The van der Waals surface area contributed by atoms with Crippen LogP contribution in [0, 0.1) is 6.08 Å². The van der Waals surface area contributed by atoms with Gasteiger partial charge >= 0.3 is 6.08 Å². The van der Waals surface area contributed by atoms with Crippen molar-refractivity contribution in [3.05, 3.63) is 36.4 Å². The Morgan fingerprint density at radius 1 is 1.44 bits per heavy atom. The molecule has 0 aliphatic heterocycles.